The van der Waals surface area contributed by atoms with Crippen LogP contribution in [-0.4, -0.2) is 68.1 Å². The summed E-state index contributed by atoms with van der Waals surface area (Å²) in [7, 11) is 0. The lowest BCUT2D eigenvalue weighted by molar-refractivity contribution is 0.0840. The van der Waals surface area contributed by atoms with Crippen LogP contribution in [0.25, 0.3) is 21.8 Å². The molecule has 4 atom stereocenters. The lowest BCUT2D eigenvalue weighted by atomic mass is 9.88. The summed E-state index contributed by atoms with van der Waals surface area (Å²) >= 11 is 11.9. The number of carbonyl (C=O) groups is 2. The minimum Gasteiger partial charge on any atom is -0.445 e. The number of halogens is 4. The van der Waals surface area contributed by atoms with E-state index in [1.54, 1.807) is 24.3 Å². The first-order valence-electron chi connectivity index (χ1n) is 23.9. The fourth-order valence-corrected chi connectivity index (χ4v) is 10.9. The zero-order valence-corrected chi connectivity index (χ0v) is 40.4. The van der Waals surface area contributed by atoms with E-state index in [9.17, 15) is 18.4 Å². The van der Waals surface area contributed by atoms with E-state index < -0.39 is 11.6 Å². The summed E-state index contributed by atoms with van der Waals surface area (Å²) in [6.45, 7) is 3.12. The zero-order valence-electron chi connectivity index (χ0n) is 38.9. The van der Waals surface area contributed by atoms with Gasteiger partial charge in [0.25, 0.3) is 0 Å². The lowest BCUT2D eigenvalue weighted by Gasteiger charge is -2.32. The van der Waals surface area contributed by atoms with Gasteiger partial charge < -0.3 is 29.9 Å². The summed E-state index contributed by atoms with van der Waals surface area (Å²) in [6, 6.07) is 41.2. The molecule has 4 heterocycles. The summed E-state index contributed by atoms with van der Waals surface area (Å²) in [6.07, 6.45) is 6.23. The van der Waals surface area contributed by atoms with Crippen LogP contribution in [0.1, 0.15) is 47.9 Å². The van der Waals surface area contributed by atoms with E-state index in [-0.39, 0.29) is 57.7 Å². The quantitative estimate of drug-likeness (QED) is 0.136. The van der Waals surface area contributed by atoms with Gasteiger partial charge in [-0.15, -0.1) is 0 Å². The average molecular weight is 1010 g/mol. The van der Waals surface area contributed by atoms with Gasteiger partial charge in [-0.3, -0.25) is 0 Å². The second kappa shape index (κ2) is 19.6. The molecule has 2 saturated carbocycles. The number of likely N-dealkylation sites (tertiary alicyclic amines) is 2. The Morgan fingerprint density at radius 3 is 1.43 bits per heavy atom. The minimum absolute atomic E-state index is 0.0419. The SMILES string of the molecule is O=C(OCc1ccccc1)N1CCC2CC2(c2ccc3ncnc(Nc4cccc(Cl)c4F)c3c2)C1.O=C(OCc1ccccc1)N1CCC2C[C@@]2(c2ccc3ncnc(Nc4cccc(Cl)c4F)c3c2)C1. The molecule has 6 aromatic carbocycles. The molecule has 364 valence electrons. The number of amides is 2. The number of aromatic nitrogens is 4. The summed E-state index contributed by atoms with van der Waals surface area (Å²) in [5.41, 5.74) is 5.96. The van der Waals surface area contributed by atoms with Crippen LogP contribution in [0.2, 0.25) is 10.0 Å². The van der Waals surface area contributed by atoms with Crippen molar-refractivity contribution in [3.63, 3.8) is 0 Å². The van der Waals surface area contributed by atoms with Crippen molar-refractivity contribution in [1.29, 1.82) is 0 Å². The van der Waals surface area contributed by atoms with Crippen molar-refractivity contribution >= 4 is 80.2 Å². The Balaban J connectivity index is 0.000000156. The smallest absolute Gasteiger partial charge is 0.410 e. The van der Waals surface area contributed by atoms with Gasteiger partial charge in [0.05, 0.1) is 32.5 Å². The molecule has 8 aromatic rings. The molecule has 2 N–H and O–H groups in total. The van der Waals surface area contributed by atoms with Gasteiger partial charge in [0.1, 0.15) is 37.5 Å². The number of ether oxygens (including phenoxy) is 2. The third-order valence-corrected chi connectivity index (χ3v) is 15.2. The van der Waals surface area contributed by atoms with Crippen molar-refractivity contribution in [2.45, 2.75) is 49.7 Å². The second-order valence-corrected chi connectivity index (χ2v) is 19.8. The van der Waals surface area contributed by atoms with Gasteiger partial charge >= 0.3 is 12.2 Å². The van der Waals surface area contributed by atoms with E-state index in [4.69, 9.17) is 32.7 Å². The maximum Gasteiger partial charge on any atom is 0.410 e. The van der Waals surface area contributed by atoms with Gasteiger partial charge in [-0.2, -0.15) is 0 Å². The number of nitrogens with zero attached hydrogens (tertiary/aromatic N) is 6. The molecule has 12 rings (SSSR count). The van der Waals surface area contributed by atoms with Crippen LogP contribution < -0.4 is 10.6 Å². The third kappa shape index (κ3) is 9.44. The Morgan fingerprint density at radius 2 is 1.00 bits per heavy atom. The first-order chi connectivity index (χ1) is 35.1. The Morgan fingerprint density at radius 1 is 0.569 bits per heavy atom. The summed E-state index contributed by atoms with van der Waals surface area (Å²) in [4.78, 5) is 46.9. The Bertz CT molecular complexity index is 3120. The highest BCUT2D eigenvalue weighted by Gasteiger charge is 2.59. The predicted molar refractivity (Wildman–Crippen MR) is 274 cm³/mol. The second-order valence-electron chi connectivity index (χ2n) is 19.0. The first-order valence-corrected chi connectivity index (χ1v) is 24.7. The number of rotatable bonds is 10. The molecule has 0 spiro atoms. The molecule has 16 heteroatoms. The fraction of sp³-hybridized carbons (Fsp3) is 0.250. The fourth-order valence-electron chi connectivity index (χ4n) is 10.6. The van der Waals surface area contributed by atoms with Crippen LogP contribution in [-0.2, 0) is 33.5 Å². The van der Waals surface area contributed by atoms with E-state index in [2.05, 4.69) is 54.8 Å². The molecule has 0 bridgehead atoms. The first kappa shape index (κ1) is 46.9. The number of hydrogen-bond acceptors (Lipinski definition) is 10. The molecular weight excluding hydrogens is 958 g/mol. The molecule has 12 nitrogen and oxygen atoms in total. The maximum atomic E-state index is 14.5. The van der Waals surface area contributed by atoms with E-state index in [0.717, 1.165) is 69.7 Å². The van der Waals surface area contributed by atoms with Gasteiger partial charge in [-0.1, -0.05) is 108 Å². The van der Waals surface area contributed by atoms with Gasteiger partial charge in [0.2, 0.25) is 0 Å². The van der Waals surface area contributed by atoms with Gasteiger partial charge in [-0.05, 0) is 108 Å². The molecule has 2 aliphatic heterocycles. The third-order valence-electron chi connectivity index (χ3n) is 14.7. The minimum atomic E-state index is -0.528. The van der Waals surface area contributed by atoms with Crippen molar-refractivity contribution in [1.82, 2.24) is 29.7 Å². The van der Waals surface area contributed by atoms with Gasteiger partial charge in [0, 0.05) is 47.8 Å². The molecule has 0 radical (unpaired) electrons. The monoisotopic (exact) mass is 1000 g/mol. The number of nitrogens with one attached hydrogen (secondary N) is 2. The molecule has 4 fully saturated rings. The topological polar surface area (TPSA) is 135 Å². The molecule has 2 aliphatic carbocycles. The van der Waals surface area contributed by atoms with Crippen molar-refractivity contribution in [3.8, 4) is 0 Å². The molecule has 2 aromatic heterocycles. The number of fused-ring (bicyclic) bond motifs is 4. The highest BCUT2D eigenvalue weighted by atomic mass is 35.5. The summed E-state index contributed by atoms with van der Waals surface area (Å²) < 4.78 is 40.3. The predicted octanol–water partition coefficient (Wildman–Crippen LogP) is 12.9. The van der Waals surface area contributed by atoms with Gasteiger partial charge in [0.15, 0.2) is 11.6 Å². The number of benzene rings is 6. The number of piperidine rings is 2. The Labute approximate surface area is 424 Å². The van der Waals surface area contributed by atoms with Crippen molar-refractivity contribution < 1.29 is 27.8 Å². The van der Waals surface area contributed by atoms with Crippen molar-refractivity contribution in [2.75, 3.05) is 36.8 Å². The van der Waals surface area contributed by atoms with Crippen LogP contribution >= 0.6 is 23.2 Å². The number of anilines is 4. The number of carbonyl (C=O) groups excluding carboxylic acids is 2. The van der Waals surface area contributed by atoms with Crippen LogP contribution in [0.4, 0.5) is 41.4 Å². The van der Waals surface area contributed by atoms with Crippen LogP contribution in [0, 0.1) is 23.5 Å². The molecule has 3 unspecified atom stereocenters. The molecule has 4 aliphatic rings. The highest BCUT2D eigenvalue weighted by molar-refractivity contribution is 6.31. The molecule has 72 heavy (non-hydrogen) atoms. The van der Waals surface area contributed by atoms with E-state index in [0.29, 0.717) is 49.7 Å². The Kier molecular flexibility index (Phi) is 12.8. The summed E-state index contributed by atoms with van der Waals surface area (Å²) in [5, 5.41) is 7.82. The van der Waals surface area contributed by atoms with Crippen molar-refractivity contribution in [3.05, 3.63) is 190 Å². The largest absolute Gasteiger partial charge is 0.445 e. The van der Waals surface area contributed by atoms with Crippen LogP contribution in [0.5, 0.6) is 0 Å². The van der Waals surface area contributed by atoms with E-state index in [1.807, 2.05) is 82.6 Å². The molecular formula is C56H48Cl2F2N8O4. The van der Waals surface area contributed by atoms with Crippen molar-refractivity contribution in [2.24, 2.45) is 11.8 Å². The normalized spacial score (nSPS) is 20.6. The summed E-state index contributed by atoms with van der Waals surface area (Å²) in [5.74, 6) is 0.983. The van der Waals surface area contributed by atoms with Crippen LogP contribution in [0.3, 0.4) is 0 Å². The van der Waals surface area contributed by atoms with E-state index >= 15 is 0 Å². The lowest BCUT2D eigenvalue weighted by Crippen LogP contribution is -2.42. The number of hydrogen-bond donors (Lipinski definition) is 2. The zero-order chi connectivity index (χ0) is 49.4. The highest BCUT2D eigenvalue weighted by Crippen LogP contribution is 2.60. The molecule has 2 saturated heterocycles. The average Bonchev–Trinajstić information content (AvgIpc) is 4.35. The van der Waals surface area contributed by atoms with Gasteiger partial charge in [-0.25, -0.2) is 38.3 Å². The van der Waals surface area contributed by atoms with E-state index in [1.165, 1.54) is 24.8 Å². The molecule has 2 amide bonds. The van der Waals surface area contributed by atoms with Crippen LogP contribution in [0.15, 0.2) is 146 Å². The standard InChI is InChI=1S/2C28H24ClFN4O2/c2*29-22-7-4-8-24(25(22)30)33-26-21-13-19(9-10-23(21)31-17-32-26)28-14-20(28)11-12-34(16-28)27(35)36-15-18-5-2-1-3-6-18/h2*1-10,13,17,20H,11-12,14-16H2,(H,31,32,33)/t20?,28-;/m0./s1. The maximum absolute atomic E-state index is 14.5. The Hall–Kier alpha value is -7.42.